The first-order valence-corrected chi connectivity index (χ1v) is 7.70. The summed E-state index contributed by atoms with van der Waals surface area (Å²) >= 11 is 0. The van der Waals surface area contributed by atoms with Gasteiger partial charge in [0.1, 0.15) is 11.6 Å². The Morgan fingerprint density at radius 2 is 1.87 bits per heavy atom. The van der Waals surface area contributed by atoms with Crippen LogP contribution in [0.5, 0.6) is 0 Å². The van der Waals surface area contributed by atoms with Crippen LogP contribution >= 0.6 is 0 Å². The first-order valence-electron chi connectivity index (χ1n) is 7.70. The Kier molecular flexibility index (Phi) is 7.29. The summed E-state index contributed by atoms with van der Waals surface area (Å²) in [6.45, 7) is 4.54. The van der Waals surface area contributed by atoms with Crippen molar-refractivity contribution in [2.75, 3.05) is 13.6 Å². The van der Waals surface area contributed by atoms with E-state index < -0.39 is 17.4 Å². The van der Waals surface area contributed by atoms with E-state index in [1.54, 1.807) is 7.05 Å². The van der Waals surface area contributed by atoms with Gasteiger partial charge in [0.15, 0.2) is 5.78 Å². The second-order valence-corrected chi connectivity index (χ2v) is 6.06. The molecule has 0 aliphatic carbocycles. The molecule has 128 valence electrons. The smallest absolute Gasteiger partial charge is 0.222 e. The highest BCUT2D eigenvalue weighted by Crippen LogP contribution is 2.13. The lowest BCUT2D eigenvalue weighted by molar-refractivity contribution is -0.129. The molecule has 0 spiro atoms. The maximum absolute atomic E-state index is 13.5. The summed E-state index contributed by atoms with van der Waals surface area (Å²) in [5.41, 5.74) is 5.74. The van der Waals surface area contributed by atoms with E-state index in [1.165, 1.54) is 4.90 Å². The number of nitrogens with two attached hydrogens (primary N) is 1. The van der Waals surface area contributed by atoms with Gasteiger partial charge >= 0.3 is 0 Å². The normalized spacial score (nSPS) is 12.3. The summed E-state index contributed by atoms with van der Waals surface area (Å²) < 4.78 is 26.3. The van der Waals surface area contributed by atoms with Gasteiger partial charge in [-0.25, -0.2) is 8.78 Å². The summed E-state index contributed by atoms with van der Waals surface area (Å²) in [7, 11) is 1.65. The number of carbonyl (C=O) groups excluding carboxylic acids is 2. The quantitative estimate of drug-likeness (QED) is 0.747. The molecule has 0 bridgehead atoms. The molecule has 1 unspecified atom stereocenters. The number of amides is 1. The largest absolute Gasteiger partial charge is 0.346 e. The van der Waals surface area contributed by atoms with Crippen LogP contribution in [0.15, 0.2) is 18.2 Å². The fraction of sp³-hybridized carbons (Fsp3) is 0.529. The third-order valence-corrected chi connectivity index (χ3v) is 3.88. The molecule has 0 saturated heterocycles. The van der Waals surface area contributed by atoms with Gasteiger partial charge in [0.2, 0.25) is 5.91 Å². The number of Topliss-reactive ketones (excluding diaryl/α,β-unsaturated/α-hetero) is 1. The highest BCUT2D eigenvalue weighted by molar-refractivity contribution is 5.98. The zero-order valence-electron chi connectivity index (χ0n) is 13.8. The molecule has 0 heterocycles. The minimum absolute atomic E-state index is 0.0108. The maximum atomic E-state index is 13.5. The molecule has 0 fully saturated rings. The van der Waals surface area contributed by atoms with E-state index in [0.717, 1.165) is 12.1 Å². The number of carbonyl (C=O) groups is 2. The Morgan fingerprint density at radius 1 is 1.22 bits per heavy atom. The highest BCUT2D eigenvalue weighted by atomic mass is 19.1. The van der Waals surface area contributed by atoms with E-state index in [1.807, 2.05) is 13.8 Å². The first-order chi connectivity index (χ1) is 10.7. The molecule has 0 aromatic heterocycles. The van der Waals surface area contributed by atoms with E-state index in [-0.39, 0.29) is 30.4 Å². The lowest BCUT2D eigenvalue weighted by Crippen LogP contribution is -2.34. The van der Waals surface area contributed by atoms with Crippen molar-refractivity contribution in [2.24, 2.45) is 11.7 Å². The zero-order chi connectivity index (χ0) is 17.6. The number of hydrogen-bond acceptors (Lipinski definition) is 3. The Labute approximate surface area is 135 Å². The molecule has 1 aromatic carbocycles. The Bertz CT molecular complexity index is 562. The summed E-state index contributed by atoms with van der Waals surface area (Å²) in [4.78, 5) is 25.4. The van der Waals surface area contributed by atoms with Crippen LogP contribution in [0.25, 0.3) is 0 Å². The van der Waals surface area contributed by atoms with Crippen LogP contribution < -0.4 is 5.73 Å². The lowest BCUT2D eigenvalue weighted by Gasteiger charge is -2.21. The van der Waals surface area contributed by atoms with E-state index in [0.29, 0.717) is 24.9 Å². The van der Waals surface area contributed by atoms with E-state index >= 15 is 0 Å². The average Bonchev–Trinajstić information content (AvgIpc) is 2.49. The SMILES string of the molecule is CC(C)C(N)CCN(C)C(=O)CCC(=O)c1ccc(F)cc1F. The average molecular weight is 326 g/mol. The molecular formula is C17H24F2N2O2. The van der Waals surface area contributed by atoms with Gasteiger partial charge in [-0.3, -0.25) is 9.59 Å². The van der Waals surface area contributed by atoms with Gasteiger partial charge in [-0.2, -0.15) is 0 Å². The Morgan fingerprint density at radius 3 is 2.43 bits per heavy atom. The molecule has 1 amide bonds. The predicted molar refractivity (Wildman–Crippen MR) is 85.0 cm³/mol. The van der Waals surface area contributed by atoms with E-state index in [4.69, 9.17) is 5.73 Å². The molecule has 1 aromatic rings. The van der Waals surface area contributed by atoms with Crippen molar-refractivity contribution in [2.45, 2.75) is 39.2 Å². The fourth-order valence-electron chi connectivity index (χ4n) is 2.06. The van der Waals surface area contributed by atoms with Crippen LogP contribution in [-0.2, 0) is 4.79 Å². The Hall–Kier alpha value is -1.82. The van der Waals surface area contributed by atoms with Crippen LogP contribution in [0, 0.1) is 17.6 Å². The molecule has 6 heteroatoms. The third kappa shape index (κ3) is 6.06. The predicted octanol–water partition coefficient (Wildman–Crippen LogP) is 2.76. The molecule has 0 aliphatic heterocycles. The molecule has 1 atom stereocenters. The van der Waals surface area contributed by atoms with Gasteiger partial charge in [0.05, 0.1) is 5.56 Å². The van der Waals surface area contributed by atoms with Crippen molar-refractivity contribution < 1.29 is 18.4 Å². The molecule has 0 radical (unpaired) electrons. The number of ketones is 1. The van der Waals surface area contributed by atoms with Crippen molar-refractivity contribution in [1.82, 2.24) is 4.90 Å². The third-order valence-electron chi connectivity index (χ3n) is 3.88. The monoisotopic (exact) mass is 326 g/mol. The first kappa shape index (κ1) is 19.2. The van der Waals surface area contributed by atoms with E-state index in [9.17, 15) is 18.4 Å². The number of hydrogen-bond donors (Lipinski definition) is 1. The summed E-state index contributed by atoms with van der Waals surface area (Å²) in [5, 5.41) is 0. The van der Waals surface area contributed by atoms with Crippen LogP contribution in [-0.4, -0.2) is 36.2 Å². The van der Waals surface area contributed by atoms with Crippen LogP contribution in [0.4, 0.5) is 8.78 Å². The van der Waals surface area contributed by atoms with E-state index in [2.05, 4.69) is 0 Å². The number of halogens is 2. The standard InChI is InChI=1S/C17H24F2N2O2/c1-11(2)15(20)8-9-21(3)17(23)7-6-16(22)13-5-4-12(18)10-14(13)19/h4-5,10-11,15H,6-9,20H2,1-3H3. The highest BCUT2D eigenvalue weighted by Gasteiger charge is 2.17. The van der Waals surface area contributed by atoms with Crippen LogP contribution in [0.1, 0.15) is 43.5 Å². The van der Waals surface area contributed by atoms with Gasteiger partial charge in [0, 0.05) is 38.5 Å². The number of rotatable bonds is 8. The second kappa shape index (κ2) is 8.72. The number of nitrogens with zero attached hydrogens (tertiary/aromatic N) is 1. The van der Waals surface area contributed by atoms with Crippen molar-refractivity contribution in [1.29, 1.82) is 0 Å². The maximum Gasteiger partial charge on any atom is 0.222 e. The number of benzene rings is 1. The molecule has 2 N–H and O–H groups in total. The van der Waals surface area contributed by atoms with Crippen molar-refractivity contribution in [3.05, 3.63) is 35.4 Å². The fourth-order valence-corrected chi connectivity index (χ4v) is 2.06. The Balaban J connectivity index is 2.47. The minimum atomic E-state index is -0.904. The van der Waals surface area contributed by atoms with Crippen molar-refractivity contribution >= 4 is 11.7 Å². The van der Waals surface area contributed by atoms with Crippen LogP contribution in [0.3, 0.4) is 0 Å². The zero-order valence-corrected chi connectivity index (χ0v) is 13.8. The molecule has 4 nitrogen and oxygen atoms in total. The molecule has 0 aliphatic rings. The minimum Gasteiger partial charge on any atom is -0.346 e. The van der Waals surface area contributed by atoms with Crippen molar-refractivity contribution in [3.8, 4) is 0 Å². The van der Waals surface area contributed by atoms with Gasteiger partial charge in [-0.05, 0) is 24.5 Å². The van der Waals surface area contributed by atoms with Crippen LogP contribution in [0.2, 0.25) is 0 Å². The summed E-state index contributed by atoms with van der Waals surface area (Å²) in [5.74, 6) is -2.02. The second-order valence-electron chi connectivity index (χ2n) is 6.06. The summed E-state index contributed by atoms with van der Waals surface area (Å²) in [6.07, 6.45) is 0.561. The molecular weight excluding hydrogens is 302 g/mol. The molecule has 23 heavy (non-hydrogen) atoms. The van der Waals surface area contributed by atoms with Crippen molar-refractivity contribution in [3.63, 3.8) is 0 Å². The van der Waals surface area contributed by atoms with Gasteiger partial charge < -0.3 is 10.6 Å². The lowest BCUT2D eigenvalue weighted by atomic mass is 10.0. The van der Waals surface area contributed by atoms with Gasteiger partial charge in [-0.15, -0.1) is 0 Å². The molecule has 1 rings (SSSR count). The topological polar surface area (TPSA) is 63.4 Å². The molecule has 0 saturated carbocycles. The summed E-state index contributed by atoms with van der Waals surface area (Å²) in [6, 6.07) is 2.80. The van der Waals surface area contributed by atoms with Gasteiger partial charge in [-0.1, -0.05) is 13.8 Å². The van der Waals surface area contributed by atoms with Gasteiger partial charge in [0.25, 0.3) is 0 Å².